The first kappa shape index (κ1) is 31.4. The number of aliphatic hydroxyl groups excluding tert-OH is 1. The number of rotatable bonds is 6. The van der Waals surface area contributed by atoms with Crippen LogP contribution in [-0.4, -0.2) is 89.7 Å². The average molecular weight is 623 g/mol. The second-order valence-corrected chi connectivity index (χ2v) is 12.4. The summed E-state index contributed by atoms with van der Waals surface area (Å²) < 4.78 is 18.0. The van der Waals surface area contributed by atoms with E-state index in [0.717, 1.165) is 21.1 Å². The highest BCUT2D eigenvalue weighted by molar-refractivity contribution is 7.11. The van der Waals surface area contributed by atoms with Crippen LogP contribution in [-0.2, 0) is 27.4 Å². The van der Waals surface area contributed by atoms with Gasteiger partial charge >= 0.3 is 0 Å². The fraction of sp³-hybridized carbons (Fsp3) is 0.438. The SMILES string of the molecule is COc1ccc2cc1Oc1cccc(c1)CO[C@H]1CCN(C(=O)Cc3nc(C)sc3C)C[C@@H]1NC(=O)CN(CCCO)C2=O. The molecule has 0 spiro atoms. The molecule has 0 saturated carbocycles. The molecular formula is C32H38N4O7S. The smallest absolute Gasteiger partial charge is 0.254 e. The second-order valence-electron chi connectivity index (χ2n) is 11.0. The number of piperidine rings is 1. The summed E-state index contributed by atoms with van der Waals surface area (Å²) in [5, 5.41) is 13.5. The number of nitrogens with zero attached hydrogens (tertiary/aromatic N) is 3. The van der Waals surface area contributed by atoms with Crippen molar-refractivity contribution in [2.45, 2.75) is 51.9 Å². The van der Waals surface area contributed by atoms with Gasteiger partial charge in [-0.1, -0.05) is 12.1 Å². The van der Waals surface area contributed by atoms with E-state index in [-0.39, 0.29) is 63.1 Å². The van der Waals surface area contributed by atoms with Gasteiger partial charge in [-0.15, -0.1) is 11.3 Å². The lowest BCUT2D eigenvalue weighted by molar-refractivity contribution is -0.136. The zero-order chi connectivity index (χ0) is 31.2. The number of aliphatic hydroxyl groups is 1. The standard InChI is InChI=1S/C32H38N4O7S/c1-20-25(33-21(2)44-20)16-31(39)35-12-10-27-26(17-35)34-30(38)18-36(11-5-13-37)32(40)23-8-9-28(41-3)29(15-23)43-24-7-4-6-22(14-24)19-42-27/h4,6-9,14-15,26-27,37H,5,10-13,16-19H2,1-3H3,(H,34,38)/t26-,27-/m0/s1. The van der Waals surface area contributed by atoms with Crippen molar-refractivity contribution in [3.63, 3.8) is 0 Å². The third-order valence-electron chi connectivity index (χ3n) is 7.78. The molecule has 2 aromatic carbocycles. The minimum atomic E-state index is -0.492. The number of thiazole rings is 1. The molecule has 4 bridgehead atoms. The van der Waals surface area contributed by atoms with Crippen LogP contribution < -0.4 is 14.8 Å². The molecule has 1 fully saturated rings. The minimum absolute atomic E-state index is 0.0573. The third kappa shape index (κ3) is 7.55. The highest BCUT2D eigenvalue weighted by Crippen LogP contribution is 2.33. The number of nitrogens with one attached hydrogen (secondary N) is 1. The summed E-state index contributed by atoms with van der Waals surface area (Å²) in [7, 11) is 1.52. The van der Waals surface area contributed by atoms with E-state index in [0.29, 0.717) is 42.2 Å². The van der Waals surface area contributed by atoms with Gasteiger partial charge in [-0.3, -0.25) is 14.4 Å². The fourth-order valence-corrected chi connectivity index (χ4v) is 6.36. The van der Waals surface area contributed by atoms with Crippen molar-refractivity contribution in [3.8, 4) is 17.2 Å². The number of amides is 3. The van der Waals surface area contributed by atoms with E-state index < -0.39 is 6.04 Å². The van der Waals surface area contributed by atoms with Crippen molar-refractivity contribution in [2.75, 3.05) is 39.9 Å². The molecule has 234 valence electrons. The summed E-state index contributed by atoms with van der Waals surface area (Å²) in [5.41, 5.74) is 1.96. The van der Waals surface area contributed by atoms with Crippen LogP contribution in [0.25, 0.3) is 0 Å². The Hall–Kier alpha value is -4.00. The van der Waals surface area contributed by atoms with Crippen LogP contribution in [0.1, 0.15) is 44.3 Å². The van der Waals surface area contributed by atoms with Gasteiger partial charge in [0.25, 0.3) is 5.91 Å². The number of benzene rings is 2. The first-order valence-electron chi connectivity index (χ1n) is 14.7. The second kappa shape index (κ2) is 14.2. The highest BCUT2D eigenvalue weighted by Gasteiger charge is 2.34. The lowest BCUT2D eigenvalue weighted by Gasteiger charge is -2.39. The number of ether oxygens (including phenoxy) is 3. The summed E-state index contributed by atoms with van der Waals surface area (Å²) in [4.78, 5) is 49.1. The van der Waals surface area contributed by atoms with Crippen molar-refractivity contribution in [3.05, 3.63) is 69.2 Å². The largest absolute Gasteiger partial charge is 0.493 e. The van der Waals surface area contributed by atoms with Crippen molar-refractivity contribution in [2.24, 2.45) is 0 Å². The minimum Gasteiger partial charge on any atom is -0.493 e. The maximum Gasteiger partial charge on any atom is 0.254 e. The van der Waals surface area contributed by atoms with E-state index in [9.17, 15) is 19.5 Å². The van der Waals surface area contributed by atoms with Gasteiger partial charge in [0.2, 0.25) is 11.8 Å². The zero-order valence-corrected chi connectivity index (χ0v) is 26.0. The van der Waals surface area contributed by atoms with E-state index in [1.165, 1.54) is 12.0 Å². The molecule has 2 aliphatic rings. The molecule has 2 N–H and O–H groups in total. The number of aryl methyl sites for hydroxylation is 2. The molecular weight excluding hydrogens is 584 g/mol. The van der Waals surface area contributed by atoms with E-state index in [4.69, 9.17) is 14.2 Å². The molecule has 3 amide bonds. The number of hydrogen-bond acceptors (Lipinski definition) is 9. The number of aromatic nitrogens is 1. The molecule has 0 unspecified atom stereocenters. The van der Waals surface area contributed by atoms with E-state index >= 15 is 0 Å². The molecule has 2 atom stereocenters. The van der Waals surface area contributed by atoms with Crippen molar-refractivity contribution < 1.29 is 33.7 Å². The topological polar surface area (TPSA) is 131 Å². The Kier molecular flexibility index (Phi) is 10.1. The van der Waals surface area contributed by atoms with Gasteiger partial charge in [-0.05, 0) is 62.6 Å². The van der Waals surface area contributed by atoms with Gasteiger partial charge < -0.3 is 34.4 Å². The van der Waals surface area contributed by atoms with Crippen LogP contribution in [0.4, 0.5) is 0 Å². The summed E-state index contributed by atoms with van der Waals surface area (Å²) >= 11 is 1.57. The Labute approximate surface area is 260 Å². The van der Waals surface area contributed by atoms with Crippen LogP contribution in [0.5, 0.6) is 17.2 Å². The zero-order valence-electron chi connectivity index (χ0n) is 25.2. The van der Waals surface area contributed by atoms with Crippen molar-refractivity contribution in [1.29, 1.82) is 0 Å². The highest BCUT2D eigenvalue weighted by atomic mass is 32.1. The van der Waals surface area contributed by atoms with Gasteiger partial charge in [0.05, 0.1) is 49.5 Å². The molecule has 1 aromatic heterocycles. The predicted molar refractivity (Wildman–Crippen MR) is 164 cm³/mol. The summed E-state index contributed by atoms with van der Waals surface area (Å²) in [6, 6.07) is 11.8. The first-order chi connectivity index (χ1) is 21.2. The molecule has 1 saturated heterocycles. The molecule has 0 radical (unpaired) electrons. The first-order valence-corrected chi connectivity index (χ1v) is 15.5. The number of fused-ring (bicyclic) bond motifs is 5. The van der Waals surface area contributed by atoms with Crippen LogP contribution in [0.3, 0.4) is 0 Å². The number of carbonyl (C=O) groups is 3. The molecule has 3 aromatic rings. The van der Waals surface area contributed by atoms with Gasteiger partial charge in [0, 0.05) is 36.7 Å². The fourth-order valence-electron chi connectivity index (χ4n) is 5.53. The van der Waals surface area contributed by atoms with Crippen molar-refractivity contribution in [1.82, 2.24) is 20.1 Å². The lowest BCUT2D eigenvalue weighted by atomic mass is 10.0. The normalized spacial score (nSPS) is 19.2. The molecule has 12 heteroatoms. The summed E-state index contributed by atoms with van der Waals surface area (Å²) in [6.07, 6.45) is 0.663. The number of likely N-dealkylation sites (tertiary alicyclic amines) is 1. The molecule has 0 aliphatic carbocycles. The van der Waals surface area contributed by atoms with E-state index in [2.05, 4.69) is 10.3 Å². The average Bonchev–Trinajstić information content (AvgIpc) is 3.33. The van der Waals surface area contributed by atoms with Gasteiger partial charge in [-0.25, -0.2) is 4.98 Å². The lowest BCUT2D eigenvalue weighted by Crippen LogP contribution is -2.58. The Morgan fingerprint density at radius 3 is 2.80 bits per heavy atom. The van der Waals surface area contributed by atoms with Crippen LogP contribution in [0.2, 0.25) is 0 Å². The van der Waals surface area contributed by atoms with Crippen molar-refractivity contribution >= 4 is 29.1 Å². The Morgan fingerprint density at radius 1 is 1.20 bits per heavy atom. The predicted octanol–water partition coefficient (Wildman–Crippen LogP) is 3.24. The van der Waals surface area contributed by atoms with Gasteiger partial charge in [0.1, 0.15) is 5.75 Å². The number of methoxy groups -OCH3 is 1. The summed E-state index contributed by atoms with van der Waals surface area (Å²) in [6.45, 7) is 4.73. The van der Waals surface area contributed by atoms with E-state index in [1.54, 1.807) is 34.4 Å². The van der Waals surface area contributed by atoms with Crippen LogP contribution in [0.15, 0.2) is 42.5 Å². The Bertz CT molecular complexity index is 1510. The molecule has 11 nitrogen and oxygen atoms in total. The van der Waals surface area contributed by atoms with Crippen LogP contribution >= 0.6 is 11.3 Å². The van der Waals surface area contributed by atoms with Gasteiger partial charge in [-0.2, -0.15) is 0 Å². The number of hydrogen-bond donors (Lipinski definition) is 2. The van der Waals surface area contributed by atoms with Crippen LogP contribution in [0, 0.1) is 13.8 Å². The monoisotopic (exact) mass is 622 g/mol. The maximum atomic E-state index is 13.6. The third-order valence-corrected chi connectivity index (χ3v) is 8.70. The molecule has 5 rings (SSSR count). The Morgan fingerprint density at radius 2 is 2.05 bits per heavy atom. The van der Waals surface area contributed by atoms with E-state index in [1.807, 2.05) is 38.1 Å². The van der Waals surface area contributed by atoms with Gasteiger partial charge in [0.15, 0.2) is 11.5 Å². The Balaban J connectivity index is 1.42. The molecule has 44 heavy (non-hydrogen) atoms. The molecule has 2 aliphatic heterocycles. The summed E-state index contributed by atoms with van der Waals surface area (Å²) in [5.74, 6) is 0.538. The molecule has 3 heterocycles. The maximum absolute atomic E-state index is 13.6. The quantitative estimate of drug-likeness (QED) is 0.429. The number of carbonyl (C=O) groups excluding carboxylic acids is 3.